The van der Waals surface area contributed by atoms with Gasteiger partial charge in [-0.1, -0.05) is 26.7 Å². The fraction of sp³-hybridized carbons (Fsp3) is 0.833. The van der Waals surface area contributed by atoms with Gasteiger partial charge in [0.1, 0.15) is 0 Å². The van der Waals surface area contributed by atoms with E-state index in [2.05, 4.69) is 19.2 Å². The van der Waals surface area contributed by atoms with Crippen LogP contribution in [0.4, 0.5) is 0 Å². The molecule has 16 heavy (non-hydrogen) atoms. The molecule has 3 atom stereocenters. The summed E-state index contributed by atoms with van der Waals surface area (Å²) in [6.07, 6.45) is 3.19. The second-order valence-electron chi connectivity index (χ2n) is 4.81. The second kappa shape index (κ2) is 5.87. The molecule has 4 nitrogen and oxygen atoms in total. The molecule has 92 valence electrons. The van der Waals surface area contributed by atoms with Crippen LogP contribution in [-0.4, -0.2) is 17.9 Å². The van der Waals surface area contributed by atoms with Gasteiger partial charge in [0.15, 0.2) is 0 Å². The molecule has 0 saturated heterocycles. The molecule has 1 aliphatic rings. The number of hydrogen-bond acceptors (Lipinski definition) is 3. The predicted octanol–water partition coefficient (Wildman–Crippen LogP) is 0.457. The molecule has 0 aliphatic heterocycles. The quantitative estimate of drug-likeness (QED) is 0.757. The van der Waals surface area contributed by atoms with Gasteiger partial charge in [0.05, 0.1) is 0 Å². The number of carbonyl (C=O) groups is 2. The van der Waals surface area contributed by atoms with Gasteiger partial charge >= 0.3 is 0 Å². The highest BCUT2D eigenvalue weighted by Crippen LogP contribution is 2.29. The Morgan fingerprint density at radius 1 is 1.25 bits per heavy atom. The smallest absolute Gasteiger partial charge is 0.220 e. The number of aliphatic carboxylic acids is 1. The zero-order valence-electron chi connectivity index (χ0n) is 9.99. The lowest BCUT2D eigenvalue weighted by atomic mass is 9.78. The highest BCUT2D eigenvalue weighted by atomic mass is 16.4. The van der Waals surface area contributed by atoms with Crippen molar-refractivity contribution >= 4 is 11.9 Å². The maximum atomic E-state index is 11.5. The van der Waals surface area contributed by atoms with Crippen LogP contribution in [0.25, 0.3) is 0 Å². The predicted molar refractivity (Wildman–Crippen MR) is 58.4 cm³/mol. The van der Waals surface area contributed by atoms with Gasteiger partial charge in [-0.05, 0) is 24.7 Å². The summed E-state index contributed by atoms with van der Waals surface area (Å²) in [6, 6.07) is 0.206. The summed E-state index contributed by atoms with van der Waals surface area (Å²) in [5.41, 5.74) is 0. The van der Waals surface area contributed by atoms with Crippen LogP contribution >= 0.6 is 0 Å². The third-order valence-corrected chi connectivity index (χ3v) is 3.61. The normalized spacial score (nSPS) is 29.8. The van der Waals surface area contributed by atoms with E-state index < -0.39 is 5.97 Å². The highest BCUT2D eigenvalue weighted by molar-refractivity contribution is 5.80. The van der Waals surface area contributed by atoms with Crippen molar-refractivity contribution in [3.8, 4) is 0 Å². The third-order valence-electron chi connectivity index (χ3n) is 3.61. The number of hydrogen-bond donors (Lipinski definition) is 1. The standard InChI is InChI=1S/C12H21NO3/c1-8-4-3-5-10(9(8)2)13-11(14)6-7-12(15)16/h8-10H,3-7H2,1-2H3,(H,13,14)(H,15,16)/p-1/t8-,9-,10+/m1/s1. The first-order chi connectivity index (χ1) is 7.50. The van der Waals surface area contributed by atoms with E-state index in [-0.39, 0.29) is 24.8 Å². The van der Waals surface area contributed by atoms with Gasteiger partial charge in [0.25, 0.3) is 0 Å². The molecule has 0 spiro atoms. The summed E-state index contributed by atoms with van der Waals surface area (Å²) in [4.78, 5) is 21.7. The van der Waals surface area contributed by atoms with Gasteiger partial charge in [-0.2, -0.15) is 0 Å². The molecule has 0 aromatic rings. The highest BCUT2D eigenvalue weighted by Gasteiger charge is 2.27. The minimum Gasteiger partial charge on any atom is -0.550 e. The molecule has 1 N–H and O–H groups in total. The molecular formula is C12H20NO3-. The van der Waals surface area contributed by atoms with E-state index in [0.29, 0.717) is 11.8 Å². The number of nitrogens with one attached hydrogen (secondary N) is 1. The Hall–Kier alpha value is -1.06. The lowest BCUT2D eigenvalue weighted by Gasteiger charge is -2.34. The fourth-order valence-electron chi connectivity index (χ4n) is 2.28. The van der Waals surface area contributed by atoms with Crippen molar-refractivity contribution < 1.29 is 14.7 Å². The molecular weight excluding hydrogens is 206 g/mol. The van der Waals surface area contributed by atoms with E-state index in [1.807, 2.05) is 0 Å². The van der Waals surface area contributed by atoms with Crippen LogP contribution in [0.5, 0.6) is 0 Å². The molecule has 0 bridgehead atoms. The summed E-state index contributed by atoms with van der Waals surface area (Å²) in [6.45, 7) is 4.34. The molecule has 0 unspecified atom stereocenters. The van der Waals surface area contributed by atoms with E-state index >= 15 is 0 Å². The van der Waals surface area contributed by atoms with Crippen LogP contribution in [-0.2, 0) is 9.59 Å². The third kappa shape index (κ3) is 3.83. The van der Waals surface area contributed by atoms with Crippen molar-refractivity contribution in [1.82, 2.24) is 5.32 Å². The Kier molecular flexibility index (Phi) is 4.77. The zero-order chi connectivity index (χ0) is 12.1. The van der Waals surface area contributed by atoms with Crippen LogP contribution in [0.15, 0.2) is 0 Å². The van der Waals surface area contributed by atoms with Crippen molar-refractivity contribution in [2.75, 3.05) is 0 Å². The molecule has 1 rings (SSSR count). The van der Waals surface area contributed by atoms with Crippen molar-refractivity contribution in [2.24, 2.45) is 11.8 Å². The van der Waals surface area contributed by atoms with Crippen LogP contribution in [0.3, 0.4) is 0 Å². The van der Waals surface area contributed by atoms with Crippen molar-refractivity contribution in [3.05, 3.63) is 0 Å². The Bertz CT molecular complexity index is 265. The van der Waals surface area contributed by atoms with Gasteiger partial charge in [-0.3, -0.25) is 4.79 Å². The Morgan fingerprint density at radius 2 is 1.94 bits per heavy atom. The minimum absolute atomic E-state index is 0.0277. The largest absolute Gasteiger partial charge is 0.550 e. The lowest BCUT2D eigenvalue weighted by Crippen LogP contribution is -2.44. The maximum absolute atomic E-state index is 11.5. The van der Waals surface area contributed by atoms with Gasteiger partial charge in [0, 0.05) is 18.4 Å². The van der Waals surface area contributed by atoms with Gasteiger partial charge in [0.2, 0.25) is 5.91 Å². The van der Waals surface area contributed by atoms with Crippen LogP contribution in [0, 0.1) is 11.8 Å². The summed E-state index contributed by atoms with van der Waals surface area (Å²) >= 11 is 0. The van der Waals surface area contributed by atoms with Crippen molar-refractivity contribution in [1.29, 1.82) is 0 Å². The van der Waals surface area contributed by atoms with Crippen LogP contribution in [0.1, 0.15) is 46.0 Å². The average molecular weight is 226 g/mol. The number of carbonyl (C=O) groups excluding carboxylic acids is 2. The number of rotatable bonds is 4. The molecule has 1 fully saturated rings. The number of carboxylic acid groups (broad SMARTS) is 1. The van der Waals surface area contributed by atoms with Crippen LogP contribution < -0.4 is 10.4 Å². The SMILES string of the molecule is C[C@@H]1[C@H](C)CCC[C@@H]1NC(=O)CCC(=O)[O-]. The monoisotopic (exact) mass is 226 g/mol. The first-order valence-electron chi connectivity index (χ1n) is 6.00. The molecule has 1 saturated carbocycles. The lowest BCUT2D eigenvalue weighted by molar-refractivity contribution is -0.305. The molecule has 0 aromatic carbocycles. The van der Waals surface area contributed by atoms with Gasteiger partial charge < -0.3 is 15.2 Å². The molecule has 1 amide bonds. The van der Waals surface area contributed by atoms with E-state index in [1.165, 1.54) is 6.42 Å². The summed E-state index contributed by atoms with van der Waals surface area (Å²) < 4.78 is 0. The average Bonchev–Trinajstić information content (AvgIpc) is 2.22. The number of amides is 1. The van der Waals surface area contributed by atoms with E-state index in [4.69, 9.17) is 0 Å². The molecule has 0 aromatic heterocycles. The Morgan fingerprint density at radius 3 is 2.56 bits per heavy atom. The zero-order valence-corrected chi connectivity index (χ0v) is 9.99. The maximum Gasteiger partial charge on any atom is 0.220 e. The van der Waals surface area contributed by atoms with Gasteiger partial charge in [-0.15, -0.1) is 0 Å². The molecule has 0 heterocycles. The van der Waals surface area contributed by atoms with E-state index in [0.717, 1.165) is 12.8 Å². The summed E-state index contributed by atoms with van der Waals surface area (Å²) in [7, 11) is 0. The summed E-state index contributed by atoms with van der Waals surface area (Å²) in [5, 5.41) is 13.1. The molecule has 0 radical (unpaired) electrons. The van der Waals surface area contributed by atoms with E-state index in [1.54, 1.807) is 0 Å². The Balaban J connectivity index is 2.35. The van der Waals surface area contributed by atoms with Gasteiger partial charge in [-0.25, -0.2) is 0 Å². The van der Waals surface area contributed by atoms with E-state index in [9.17, 15) is 14.7 Å². The van der Waals surface area contributed by atoms with Crippen LogP contribution in [0.2, 0.25) is 0 Å². The summed E-state index contributed by atoms with van der Waals surface area (Å²) in [5.74, 6) is -0.240. The topological polar surface area (TPSA) is 69.2 Å². The number of carboxylic acids is 1. The first kappa shape index (κ1) is 13.0. The molecule has 1 aliphatic carbocycles. The first-order valence-corrected chi connectivity index (χ1v) is 6.00. The van der Waals surface area contributed by atoms with Crippen molar-refractivity contribution in [3.63, 3.8) is 0 Å². The molecule has 4 heteroatoms. The fourth-order valence-corrected chi connectivity index (χ4v) is 2.28. The Labute approximate surface area is 96.4 Å². The van der Waals surface area contributed by atoms with Crippen molar-refractivity contribution in [2.45, 2.75) is 52.0 Å². The minimum atomic E-state index is -1.17. The second-order valence-corrected chi connectivity index (χ2v) is 4.81.